The Morgan fingerprint density at radius 3 is 2.65 bits per heavy atom. The van der Waals surface area contributed by atoms with E-state index < -0.39 is 0 Å². The van der Waals surface area contributed by atoms with Crippen LogP contribution in [0, 0.1) is 20.8 Å². The molecule has 3 rings (SSSR count). The van der Waals surface area contributed by atoms with Crippen LogP contribution in [-0.2, 0) is 6.42 Å². The number of fused-ring (bicyclic) bond motifs is 1. The Morgan fingerprint density at radius 2 is 1.91 bits per heavy atom. The predicted molar refractivity (Wildman–Crippen MR) is 96.3 cm³/mol. The first-order valence-electron chi connectivity index (χ1n) is 8.03. The minimum atomic E-state index is 0.0886. The highest BCUT2D eigenvalue weighted by Crippen LogP contribution is 2.33. The topological polar surface area (TPSA) is 32.7 Å². The molecule has 1 heterocycles. The minimum Gasteiger partial charge on any atom is -0.307 e. The van der Waals surface area contributed by atoms with Crippen molar-refractivity contribution in [3.63, 3.8) is 0 Å². The van der Waals surface area contributed by atoms with Crippen LogP contribution in [0.25, 0.3) is 0 Å². The lowest BCUT2D eigenvalue weighted by Gasteiger charge is -2.21. The summed E-state index contributed by atoms with van der Waals surface area (Å²) in [6.45, 7) is 8.71. The van der Waals surface area contributed by atoms with E-state index in [1.165, 1.54) is 5.56 Å². The summed E-state index contributed by atoms with van der Waals surface area (Å²) in [6.07, 6.45) is 2.71. The Hall–Kier alpha value is -2.42. The Balaban J connectivity index is 2.02. The summed E-state index contributed by atoms with van der Waals surface area (Å²) in [5.41, 5.74) is 7.22. The number of hydrogen-bond donors (Lipinski definition) is 0. The third-order valence-corrected chi connectivity index (χ3v) is 4.48. The van der Waals surface area contributed by atoms with Crippen molar-refractivity contribution in [2.75, 3.05) is 11.4 Å². The lowest BCUT2D eigenvalue weighted by atomic mass is 10.0. The zero-order valence-electron chi connectivity index (χ0n) is 14.2. The molecule has 0 atom stereocenters. The minimum absolute atomic E-state index is 0.0886. The van der Waals surface area contributed by atoms with Gasteiger partial charge in [-0.1, -0.05) is 18.2 Å². The summed E-state index contributed by atoms with van der Waals surface area (Å²) in [6, 6.07) is 10.2. The van der Waals surface area contributed by atoms with E-state index in [0.29, 0.717) is 0 Å². The molecule has 0 spiro atoms. The predicted octanol–water partition coefficient (Wildman–Crippen LogP) is 4.54. The summed E-state index contributed by atoms with van der Waals surface area (Å²) in [5.74, 6) is 0.0886. The van der Waals surface area contributed by atoms with Crippen LogP contribution >= 0.6 is 0 Å². The third-order valence-electron chi connectivity index (χ3n) is 4.48. The molecule has 0 saturated heterocycles. The second kappa shape index (κ2) is 5.99. The van der Waals surface area contributed by atoms with Crippen LogP contribution in [0.1, 0.15) is 39.5 Å². The van der Waals surface area contributed by atoms with Gasteiger partial charge in [-0.2, -0.15) is 0 Å². The van der Waals surface area contributed by atoms with Gasteiger partial charge in [0.15, 0.2) is 0 Å². The van der Waals surface area contributed by atoms with Crippen molar-refractivity contribution < 1.29 is 4.79 Å². The van der Waals surface area contributed by atoms with E-state index in [0.717, 1.165) is 46.6 Å². The van der Waals surface area contributed by atoms with Crippen LogP contribution in [0.4, 0.5) is 11.4 Å². The molecule has 2 aromatic carbocycles. The Kier molecular flexibility index (Phi) is 4.03. The largest absolute Gasteiger partial charge is 0.307 e. The molecule has 0 bridgehead atoms. The number of rotatable bonds is 2. The molecule has 1 aliphatic heterocycles. The summed E-state index contributed by atoms with van der Waals surface area (Å²) < 4.78 is 0. The molecule has 0 aliphatic carbocycles. The van der Waals surface area contributed by atoms with Crippen LogP contribution in [0.5, 0.6) is 0 Å². The number of para-hydroxylation sites is 1. The van der Waals surface area contributed by atoms with Gasteiger partial charge >= 0.3 is 0 Å². The number of anilines is 1. The van der Waals surface area contributed by atoms with E-state index in [-0.39, 0.29) is 5.91 Å². The van der Waals surface area contributed by atoms with Crippen molar-refractivity contribution in [3.05, 3.63) is 58.1 Å². The Bertz CT molecular complexity index is 806. The van der Waals surface area contributed by atoms with Gasteiger partial charge in [-0.15, -0.1) is 0 Å². The van der Waals surface area contributed by atoms with Gasteiger partial charge in [-0.3, -0.25) is 9.79 Å². The van der Waals surface area contributed by atoms with Gasteiger partial charge < -0.3 is 4.90 Å². The zero-order chi connectivity index (χ0) is 16.6. The molecule has 0 N–H and O–H groups in total. The smallest absolute Gasteiger partial charge is 0.258 e. The molecule has 1 aliphatic rings. The average molecular weight is 306 g/mol. The van der Waals surface area contributed by atoms with Crippen LogP contribution in [0.2, 0.25) is 0 Å². The second-order valence-corrected chi connectivity index (χ2v) is 6.13. The number of hydrogen-bond acceptors (Lipinski definition) is 2. The van der Waals surface area contributed by atoms with Crippen molar-refractivity contribution in [2.45, 2.75) is 34.1 Å². The molecule has 0 unspecified atom stereocenters. The van der Waals surface area contributed by atoms with Gasteiger partial charge in [-0.05, 0) is 68.5 Å². The fraction of sp³-hybridized carbons (Fsp3) is 0.300. The highest BCUT2D eigenvalue weighted by Gasteiger charge is 2.27. The van der Waals surface area contributed by atoms with Crippen molar-refractivity contribution in [2.24, 2.45) is 4.99 Å². The molecule has 0 aromatic heterocycles. The SMILES string of the molecule is CC=Nc1cc(C)c(C(=O)N2CCc3cccc(C)c32)cc1C. The van der Waals surface area contributed by atoms with Crippen molar-refractivity contribution in [1.82, 2.24) is 0 Å². The number of aryl methyl sites for hydroxylation is 3. The lowest BCUT2D eigenvalue weighted by Crippen LogP contribution is -2.30. The Morgan fingerprint density at radius 1 is 1.13 bits per heavy atom. The van der Waals surface area contributed by atoms with E-state index in [1.807, 2.05) is 37.8 Å². The van der Waals surface area contributed by atoms with Gasteiger partial charge in [0.1, 0.15) is 0 Å². The molecule has 23 heavy (non-hydrogen) atoms. The first kappa shape index (κ1) is 15.5. The summed E-state index contributed by atoms with van der Waals surface area (Å²) >= 11 is 0. The monoisotopic (exact) mass is 306 g/mol. The maximum absolute atomic E-state index is 13.1. The van der Waals surface area contributed by atoms with Crippen molar-refractivity contribution in [3.8, 4) is 0 Å². The summed E-state index contributed by atoms with van der Waals surface area (Å²) in [7, 11) is 0. The maximum atomic E-state index is 13.1. The number of benzene rings is 2. The second-order valence-electron chi connectivity index (χ2n) is 6.13. The molecule has 118 valence electrons. The highest BCUT2D eigenvalue weighted by atomic mass is 16.2. The summed E-state index contributed by atoms with van der Waals surface area (Å²) in [4.78, 5) is 19.4. The summed E-state index contributed by atoms with van der Waals surface area (Å²) in [5, 5.41) is 0. The molecule has 0 saturated carbocycles. The number of amides is 1. The average Bonchev–Trinajstić information content (AvgIpc) is 2.95. The normalized spacial score (nSPS) is 13.7. The van der Waals surface area contributed by atoms with Crippen LogP contribution < -0.4 is 4.90 Å². The fourth-order valence-corrected chi connectivity index (χ4v) is 3.31. The Labute approximate surface area is 137 Å². The van der Waals surface area contributed by atoms with E-state index in [9.17, 15) is 4.79 Å². The molecular weight excluding hydrogens is 284 g/mol. The number of carbonyl (C=O) groups is 1. The zero-order valence-corrected chi connectivity index (χ0v) is 14.2. The molecule has 0 fully saturated rings. The quantitative estimate of drug-likeness (QED) is 0.750. The van der Waals surface area contributed by atoms with Gasteiger partial charge in [-0.25, -0.2) is 0 Å². The molecule has 2 aromatic rings. The highest BCUT2D eigenvalue weighted by molar-refractivity contribution is 6.09. The maximum Gasteiger partial charge on any atom is 0.258 e. The standard InChI is InChI=1S/C20H22N2O/c1-5-21-18-12-14(3)17(11-15(18)4)20(23)22-10-9-16-8-6-7-13(2)19(16)22/h5-8,11-12H,9-10H2,1-4H3. The van der Waals surface area contributed by atoms with Crippen LogP contribution in [0.3, 0.4) is 0 Å². The van der Waals surface area contributed by atoms with Gasteiger partial charge in [0.25, 0.3) is 5.91 Å². The van der Waals surface area contributed by atoms with Gasteiger partial charge in [0.05, 0.1) is 11.4 Å². The van der Waals surface area contributed by atoms with E-state index >= 15 is 0 Å². The van der Waals surface area contributed by atoms with E-state index in [1.54, 1.807) is 6.21 Å². The first-order valence-corrected chi connectivity index (χ1v) is 8.03. The van der Waals surface area contributed by atoms with Gasteiger partial charge in [0, 0.05) is 18.3 Å². The van der Waals surface area contributed by atoms with Crippen molar-refractivity contribution in [1.29, 1.82) is 0 Å². The molecule has 1 amide bonds. The first-order chi connectivity index (χ1) is 11.0. The van der Waals surface area contributed by atoms with Crippen molar-refractivity contribution >= 4 is 23.5 Å². The van der Waals surface area contributed by atoms with E-state index in [2.05, 4.69) is 30.1 Å². The molecule has 0 radical (unpaired) electrons. The fourth-order valence-electron chi connectivity index (χ4n) is 3.31. The molecule has 3 heteroatoms. The lowest BCUT2D eigenvalue weighted by molar-refractivity contribution is 0.0988. The van der Waals surface area contributed by atoms with Crippen LogP contribution in [-0.4, -0.2) is 18.7 Å². The van der Waals surface area contributed by atoms with Gasteiger partial charge in [0.2, 0.25) is 0 Å². The number of carbonyl (C=O) groups excluding carboxylic acids is 1. The molecule has 3 nitrogen and oxygen atoms in total. The third kappa shape index (κ3) is 2.67. The van der Waals surface area contributed by atoms with E-state index in [4.69, 9.17) is 0 Å². The molecular formula is C20H22N2O. The number of aliphatic imine (C=N–C) groups is 1. The number of nitrogens with zero attached hydrogens (tertiary/aromatic N) is 2. The van der Waals surface area contributed by atoms with Crippen LogP contribution in [0.15, 0.2) is 35.3 Å².